The Bertz CT molecular complexity index is 182. The summed E-state index contributed by atoms with van der Waals surface area (Å²) in [5.74, 6) is 0.120. The summed E-state index contributed by atoms with van der Waals surface area (Å²) in [6, 6.07) is -0.0486. The normalized spacial score (nSPS) is 26.2. The predicted molar refractivity (Wildman–Crippen MR) is 50.3 cm³/mol. The first kappa shape index (κ1) is 10.5. The fraction of sp³-hybridized carbons (Fsp3) is 0.889. The fourth-order valence-corrected chi connectivity index (χ4v) is 1.61. The van der Waals surface area contributed by atoms with Crippen LogP contribution in [0.4, 0.5) is 0 Å². The number of carbonyl (C=O) groups is 1. The number of aliphatic hydroxyl groups excluding tert-OH is 1. The second-order valence-corrected chi connectivity index (χ2v) is 3.55. The maximum absolute atomic E-state index is 11.6. The smallest absolute Gasteiger partial charge is 0.239 e. The van der Waals surface area contributed by atoms with Gasteiger partial charge < -0.3 is 15.3 Å². The minimum Gasteiger partial charge on any atom is -0.392 e. The van der Waals surface area contributed by atoms with Gasteiger partial charge in [0.1, 0.15) is 0 Å². The van der Waals surface area contributed by atoms with Gasteiger partial charge >= 0.3 is 0 Å². The van der Waals surface area contributed by atoms with Gasteiger partial charge in [0.25, 0.3) is 0 Å². The van der Waals surface area contributed by atoms with Crippen molar-refractivity contribution in [2.24, 2.45) is 0 Å². The van der Waals surface area contributed by atoms with Gasteiger partial charge in [0.2, 0.25) is 5.91 Å². The third-order valence-corrected chi connectivity index (χ3v) is 2.28. The number of piperazine rings is 1. The minimum atomic E-state index is -0.431. The van der Waals surface area contributed by atoms with Crippen LogP contribution in [0.3, 0.4) is 0 Å². The number of rotatable bonds is 3. The number of carbonyl (C=O) groups excluding carboxylic acids is 1. The van der Waals surface area contributed by atoms with E-state index in [2.05, 4.69) is 5.32 Å². The Balaban J connectivity index is 2.50. The van der Waals surface area contributed by atoms with E-state index in [1.807, 2.05) is 6.92 Å². The third-order valence-electron chi connectivity index (χ3n) is 2.28. The van der Waals surface area contributed by atoms with Gasteiger partial charge in [-0.15, -0.1) is 0 Å². The van der Waals surface area contributed by atoms with Crippen LogP contribution >= 0.6 is 0 Å². The van der Waals surface area contributed by atoms with Crippen molar-refractivity contribution in [2.75, 3.05) is 19.6 Å². The summed E-state index contributed by atoms with van der Waals surface area (Å²) >= 11 is 0. The van der Waals surface area contributed by atoms with E-state index in [-0.39, 0.29) is 11.9 Å². The van der Waals surface area contributed by atoms with Crippen molar-refractivity contribution in [3.05, 3.63) is 0 Å². The number of aliphatic hydroxyl groups is 1. The summed E-state index contributed by atoms with van der Waals surface area (Å²) in [6.07, 6.45) is 0.384. The molecule has 0 radical (unpaired) electrons. The quantitative estimate of drug-likeness (QED) is 0.629. The molecular formula is C9H18N2O2. The van der Waals surface area contributed by atoms with Crippen LogP contribution in [0.15, 0.2) is 0 Å². The molecule has 0 aromatic rings. The Morgan fingerprint density at radius 1 is 1.77 bits per heavy atom. The van der Waals surface area contributed by atoms with Crippen molar-refractivity contribution in [3.63, 3.8) is 0 Å². The van der Waals surface area contributed by atoms with Crippen molar-refractivity contribution in [3.8, 4) is 0 Å². The standard InChI is InChI=1S/C9H18N2O2/c1-3-8-9(13)11(5-4-10-8)6-7(2)12/h7-8,10,12H,3-6H2,1-2H3. The lowest BCUT2D eigenvalue weighted by Gasteiger charge is -2.33. The largest absolute Gasteiger partial charge is 0.392 e. The van der Waals surface area contributed by atoms with Gasteiger partial charge in [-0.05, 0) is 13.3 Å². The summed E-state index contributed by atoms with van der Waals surface area (Å²) in [7, 11) is 0. The van der Waals surface area contributed by atoms with Crippen LogP contribution in [-0.2, 0) is 4.79 Å². The van der Waals surface area contributed by atoms with Crippen LogP contribution in [0.5, 0.6) is 0 Å². The number of hydrogen-bond acceptors (Lipinski definition) is 3. The van der Waals surface area contributed by atoms with Gasteiger partial charge in [-0.25, -0.2) is 0 Å². The zero-order valence-corrected chi connectivity index (χ0v) is 8.29. The molecule has 0 saturated carbocycles. The van der Waals surface area contributed by atoms with Gasteiger partial charge in [0, 0.05) is 19.6 Å². The lowest BCUT2D eigenvalue weighted by atomic mass is 10.1. The monoisotopic (exact) mass is 186 g/mol. The maximum Gasteiger partial charge on any atom is 0.239 e. The van der Waals surface area contributed by atoms with E-state index in [4.69, 9.17) is 5.11 Å². The molecule has 0 aromatic heterocycles. The molecule has 1 saturated heterocycles. The van der Waals surface area contributed by atoms with Crippen LogP contribution in [0.2, 0.25) is 0 Å². The number of amides is 1. The number of β-amino-alcohol motifs (C(OH)–C–C–N with tert-alkyl or cyclic N) is 1. The molecule has 4 heteroatoms. The summed E-state index contributed by atoms with van der Waals surface area (Å²) < 4.78 is 0. The molecule has 13 heavy (non-hydrogen) atoms. The summed E-state index contributed by atoms with van der Waals surface area (Å²) in [5, 5.41) is 12.3. The molecule has 2 atom stereocenters. The molecule has 2 N–H and O–H groups in total. The van der Waals surface area contributed by atoms with Gasteiger partial charge in [0.05, 0.1) is 12.1 Å². The molecule has 4 nitrogen and oxygen atoms in total. The molecule has 1 fully saturated rings. The zero-order chi connectivity index (χ0) is 9.84. The molecular weight excluding hydrogens is 168 g/mol. The van der Waals surface area contributed by atoms with Crippen LogP contribution < -0.4 is 5.32 Å². The molecule has 0 bridgehead atoms. The molecule has 0 aromatic carbocycles. The Kier molecular flexibility index (Phi) is 3.69. The van der Waals surface area contributed by atoms with E-state index in [0.717, 1.165) is 13.0 Å². The molecule has 2 unspecified atom stereocenters. The maximum atomic E-state index is 11.6. The number of hydrogen-bond donors (Lipinski definition) is 2. The average molecular weight is 186 g/mol. The Hall–Kier alpha value is -0.610. The van der Waals surface area contributed by atoms with Gasteiger partial charge in [-0.2, -0.15) is 0 Å². The molecule has 1 rings (SSSR count). The molecule has 1 heterocycles. The molecule has 0 aliphatic carbocycles. The first-order valence-corrected chi connectivity index (χ1v) is 4.85. The van der Waals surface area contributed by atoms with Crippen molar-refractivity contribution in [1.82, 2.24) is 10.2 Å². The summed E-state index contributed by atoms with van der Waals surface area (Å²) in [4.78, 5) is 13.4. The first-order valence-electron chi connectivity index (χ1n) is 4.85. The Labute approximate surface area is 78.9 Å². The molecule has 1 amide bonds. The second-order valence-electron chi connectivity index (χ2n) is 3.55. The van der Waals surface area contributed by atoms with E-state index in [9.17, 15) is 4.79 Å². The van der Waals surface area contributed by atoms with Crippen molar-refractivity contribution in [1.29, 1.82) is 0 Å². The highest BCUT2D eigenvalue weighted by Gasteiger charge is 2.26. The highest BCUT2D eigenvalue weighted by molar-refractivity contribution is 5.82. The first-order chi connectivity index (χ1) is 6.15. The van der Waals surface area contributed by atoms with Crippen molar-refractivity contribution in [2.45, 2.75) is 32.4 Å². The van der Waals surface area contributed by atoms with E-state index >= 15 is 0 Å². The van der Waals surface area contributed by atoms with E-state index in [1.54, 1.807) is 11.8 Å². The van der Waals surface area contributed by atoms with Crippen LogP contribution in [0.1, 0.15) is 20.3 Å². The molecule has 1 aliphatic heterocycles. The van der Waals surface area contributed by atoms with Gasteiger partial charge in [-0.3, -0.25) is 4.79 Å². The van der Waals surface area contributed by atoms with Crippen LogP contribution in [0, 0.1) is 0 Å². The summed E-state index contributed by atoms with van der Waals surface area (Å²) in [5.41, 5.74) is 0. The van der Waals surface area contributed by atoms with E-state index in [1.165, 1.54) is 0 Å². The number of nitrogens with one attached hydrogen (secondary N) is 1. The van der Waals surface area contributed by atoms with Gasteiger partial charge in [0.15, 0.2) is 0 Å². The fourth-order valence-electron chi connectivity index (χ4n) is 1.61. The van der Waals surface area contributed by atoms with Crippen molar-refractivity contribution < 1.29 is 9.90 Å². The number of nitrogens with zero attached hydrogens (tertiary/aromatic N) is 1. The lowest BCUT2D eigenvalue weighted by Crippen LogP contribution is -2.56. The highest BCUT2D eigenvalue weighted by Crippen LogP contribution is 2.05. The van der Waals surface area contributed by atoms with Crippen LogP contribution in [-0.4, -0.2) is 47.7 Å². The van der Waals surface area contributed by atoms with Gasteiger partial charge in [-0.1, -0.05) is 6.92 Å². The zero-order valence-electron chi connectivity index (χ0n) is 8.29. The molecule has 76 valence electrons. The SMILES string of the molecule is CCC1NCCN(CC(C)O)C1=O. The topological polar surface area (TPSA) is 52.6 Å². The van der Waals surface area contributed by atoms with E-state index < -0.39 is 6.10 Å². The van der Waals surface area contributed by atoms with Crippen LogP contribution in [0.25, 0.3) is 0 Å². The Morgan fingerprint density at radius 3 is 3.00 bits per heavy atom. The highest BCUT2D eigenvalue weighted by atomic mass is 16.3. The average Bonchev–Trinajstić information content (AvgIpc) is 2.08. The predicted octanol–water partition coefficient (Wildman–Crippen LogP) is -0.422. The lowest BCUT2D eigenvalue weighted by molar-refractivity contribution is -0.137. The molecule has 1 aliphatic rings. The Morgan fingerprint density at radius 2 is 2.46 bits per heavy atom. The third kappa shape index (κ3) is 2.67. The summed E-state index contributed by atoms with van der Waals surface area (Å²) in [6.45, 7) is 5.69. The second kappa shape index (κ2) is 4.58. The van der Waals surface area contributed by atoms with Crippen molar-refractivity contribution >= 4 is 5.91 Å². The molecule has 0 spiro atoms. The van der Waals surface area contributed by atoms with E-state index in [0.29, 0.717) is 13.1 Å². The minimum absolute atomic E-state index is 0.0486.